The molecule has 0 saturated carbocycles. The lowest BCUT2D eigenvalue weighted by molar-refractivity contribution is -0.383. The number of nitrogens with zero attached hydrogens (tertiary/aromatic N) is 1. The number of carbonyl (C=O) groups excluding carboxylic acids is 1. The first-order chi connectivity index (χ1) is 11.9. The van der Waals surface area contributed by atoms with Crippen molar-refractivity contribution >= 4 is 35.0 Å². The molecule has 0 aromatic heterocycles. The van der Waals surface area contributed by atoms with Crippen molar-refractivity contribution in [3.05, 3.63) is 63.2 Å². The first kappa shape index (κ1) is 18.3. The Bertz CT molecular complexity index is 836. The molecular formula is C17H15ClN2O5. The van der Waals surface area contributed by atoms with E-state index in [-0.39, 0.29) is 16.4 Å². The number of amides is 1. The molecule has 25 heavy (non-hydrogen) atoms. The number of rotatable bonds is 6. The molecular weight excluding hydrogens is 348 g/mol. The van der Waals surface area contributed by atoms with Gasteiger partial charge in [0.05, 0.1) is 19.1 Å². The first-order valence-corrected chi connectivity index (χ1v) is 7.47. The molecule has 0 unspecified atom stereocenters. The fourth-order valence-electron chi connectivity index (χ4n) is 2.07. The third-order valence-corrected chi connectivity index (χ3v) is 3.50. The molecule has 0 heterocycles. The molecule has 0 spiro atoms. The summed E-state index contributed by atoms with van der Waals surface area (Å²) in [6, 6.07) is 9.14. The van der Waals surface area contributed by atoms with Gasteiger partial charge in [0.1, 0.15) is 17.2 Å². The van der Waals surface area contributed by atoms with E-state index < -0.39 is 10.8 Å². The van der Waals surface area contributed by atoms with Crippen LogP contribution < -0.4 is 14.8 Å². The third-order valence-electron chi connectivity index (χ3n) is 3.27. The molecule has 1 amide bonds. The molecule has 0 aliphatic carbocycles. The van der Waals surface area contributed by atoms with Gasteiger partial charge in [0.15, 0.2) is 0 Å². The number of nitro benzene ring substituents is 1. The van der Waals surface area contributed by atoms with Crippen LogP contribution in [0.25, 0.3) is 6.08 Å². The molecule has 130 valence electrons. The normalized spacial score (nSPS) is 10.5. The molecule has 2 aromatic carbocycles. The SMILES string of the molecule is COc1ccc(OC)c(/C=C/C(=O)Nc2ccc(Cl)cc2[N+](=O)[O-])c1. The number of nitro groups is 1. The summed E-state index contributed by atoms with van der Waals surface area (Å²) in [5.74, 6) is 0.631. The van der Waals surface area contributed by atoms with Crippen LogP contribution in [0.4, 0.5) is 11.4 Å². The number of hydrogen-bond donors (Lipinski definition) is 1. The zero-order valence-electron chi connectivity index (χ0n) is 13.5. The highest BCUT2D eigenvalue weighted by Crippen LogP contribution is 2.28. The minimum Gasteiger partial charge on any atom is -0.497 e. The fourth-order valence-corrected chi connectivity index (χ4v) is 2.24. The summed E-state index contributed by atoms with van der Waals surface area (Å²) in [5.41, 5.74) is 0.400. The highest BCUT2D eigenvalue weighted by Gasteiger charge is 2.15. The average Bonchev–Trinajstić information content (AvgIpc) is 2.61. The number of ether oxygens (including phenoxy) is 2. The lowest BCUT2D eigenvalue weighted by atomic mass is 10.1. The van der Waals surface area contributed by atoms with Crippen LogP contribution in [0.2, 0.25) is 5.02 Å². The number of benzene rings is 2. The van der Waals surface area contributed by atoms with E-state index >= 15 is 0 Å². The monoisotopic (exact) mass is 362 g/mol. The second-order valence-electron chi connectivity index (χ2n) is 4.85. The zero-order valence-corrected chi connectivity index (χ0v) is 14.2. The van der Waals surface area contributed by atoms with Crippen LogP contribution in [0, 0.1) is 10.1 Å². The third kappa shape index (κ3) is 4.71. The Labute approximate surface area is 149 Å². The van der Waals surface area contributed by atoms with Gasteiger partial charge in [-0.3, -0.25) is 14.9 Å². The molecule has 0 atom stereocenters. The van der Waals surface area contributed by atoms with Gasteiger partial charge in [-0.15, -0.1) is 0 Å². The van der Waals surface area contributed by atoms with Crippen LogP contribution in [-0.4, -0.2) is 25.1 Å². The topological polar surface area (TPSA) is 90.7 Å². The van der Waals surface area contributed by atoms with Crippen LogP contribution in [0.1, 0.15) is 5.56 Å². The number of carbonyl (C=O) groups is 1. The smallest absolute Gasteiger partial charge is 0.294 e. The Morgan fingerprint density at radius 3 is 2.60 bits per heavy atom. The van der Waals surface area contributed by atoms with Crippen LogP contribution in [-0.2, 0) is 4.79 Å². The summed E-state index contributed by atoms with van der Waals surface area (Å²) in [6.45, 7) is 0. The van der Waals surface area contributed by atoms with Crippen molar-refractivity contribution in [1.29, 1.82) is 0 Å². The van der Waals surface area contributed by atoms with Crippen molar-refractivity contribution < 1.29 is 19.2 Å². The Kier molecular flexibility index (Phi) is 5.97. The van der Waals surface area contributed by atoms with E-state index in [1.807, 2.05) is 0 Å². The van der Waals surface area contributed by atoms with Gasteiger partial charge < -0.3 is 14.8 Å². The van der Waals surface area contributed by atoms with Crippen LogP contribution in [0.15, 0.2) is 42.5 Å². The highest BCUT2D eigenvalue weighted by molar-refractivity contribution is 6.31. The molecule has 0 bridgehead atoms. The maximum atomic E-state index is 12.1. The second kappa shape index (κ2) is 8.16. The second-order valence-corrected chi connectivity index (χ2v) is 5.29. The lowest BCUT2D eigenvalue weighted by Crippen LogP contribution is -2.09. The molecule has 2 aromatic rings. The van der Waals surface area contributed by atoms with Gasteiger partial charge >= 0.3 is 0 Å². The molecule has 0 aliphatic rings. The molecule has 0 saturated heterocycles. The number of methoxy groups -OCH3 is 2. The molecule has 0 radical (unpaired) electrons. The zero-order chi connectivity index (χ0) is 18.4. The van der Waals surface area contributed by atoms with Crippen molar-refractivity contribution in [1.82, 2.24) is 0 Å². The first-order valence-electron chi connectivity index (χ1n) is 7.09. The van der Waals surface area contributed by atoms with Crippen molar-refractivity contribution in [3.8, 4) is 11.5 Å². The number of halogens is 1. The van der Waals surface area contributed by atoms with Crippen LogP contribution in [0.3, 0.4) is 0 Å². The van der Waals surface area contributed by atoms with E-state index in [1.165, 1.54) is 44.6 Å². The lowest BCUT2D eigenvalue weighted by Gasteiger charge is -2.07. The van der Waals surface area contributed by atoms with E-state index in [0.717, 1.165) is 0 Å². The average molecular weight is 363 g/mol. The Morgan fingerprint density at radius 1 is 1.20 bits per heavy atom. The Morgan fingerprint density at radius 2 is 1.96 bits per heavy atom. The summed E-state index contributed by atoms with van der Waals surface area (Å²) < 4.78 is 10.3. The van der Waals surface area contributed by atoms with Gasteiger partial charge in [-0.2, -0.15) is 0 Å². The van der Waals surface area contributed by atoms with E-state index in [4.69, 9.17) is 21.1 Å². The van der Waals surface area contributed by atoms with Crippen molar-refractivity contribution in [2.45, 2.75) is 0 Å². The van der Waals surface area contributed by atoms with Gasteiger partial charge in [0.2, 0.25) is 5.91 Å². The van der Waals surface area contributed by atoms with Crippen molar-refractivity contribution in [2.24, 2.45) is 0 Å². The molecule has 0 aliphatic heterocycles. The van der Waals surface area contributed by atoms with Gasteiger partial charge in [-0.1, -0.05) is 11.6 Å². The van der Waals surface area contributed by atoms with Gasteiger partial charge in [0.25, 0.3) is 5.69 Å². The highest BCUT2D eigenvalue weighted by atomic mass is 35.5. The van der Waals surface area contributed by atoms with Crippen LogP contribution in [0.5, 0.6) is 11.5 Å². The largest absolute Gasteiger partial charge is 0.497 e. The van der Waals surface area contributed by atoms with E-state index in [1.54, 1.807) is 18.2 Å². The number of anilines is 1. The minimum absolute atomic E-state index is 0.0571. The Balaban J connectivity index is 2.21. The molecule has 8 heteroatoms. The van der Waals surface area contributed by atoms with E-state index in [2.05, 4.69) is 5.32 Å². The quantitative estimate of drug-likeness (QED) is 0.478. The fraction of sp³-hybridized carbons (Fsp3) is 0.118. The van der Waals surface area contributed by atoms with Gasteiger partial charge in [-0.25, -0.2) is 0 Å². The number of nitrogens with one attached hydrogen (secondary N) is 1. The van der Waals surface area contributed by atoms with Crippen molar-refractivity contribution in [2.75, 3.05) is 19.5 Å². The summed E-state index contributed by atoms with van der Waals surface area (Å²) in [6.07, 6.45) is 2.77. The van der Waals surface area contributed by atoms with Gasteiger partial charge in [0, 0.05) is 22.7 Å². The maximum absolute atomic E-state index is 12.1. The summed E-state index contributed by atoms with van der Waals surface area (Å²) in [5, 5.41) is 13.7. The minimum atomic E-state index is -0.615. The molecule has 2 rings (SSSR count). The van der Waals surface area contributed by atoms with E-state index in [9.17, 15) is 14.9 Å². The van der Waals surface area contributed by atoms with E-state index in [0.29, 0.717) is 17.1 Å². The predicted octanol–water partition coefficient (Wildman–Crippen LogP) is 3.92. The number of hydrogen-bond acceptors (Lipinski definition) is 5. The molecule has 7 nitrogen and oxygen atoms in total. The van der Waals surface area contributed by atoms with Gasteiger partial charge in [-0.05, 0) is 36.4 Å². The maximum Gasteiger partial charge on any atom is 0.294 e. The van der Waals surface area contributed by atoms with Crippen molar-refractivity contribution in [3.63, 3.8) is 0 Å². The summed E-state index contributed by atoms with van der Waals surface area (Å²) in [4.78, 5) is 22.5. The molecule has 1 N–H and O–H groups in total. The summed E-state index contributed by atoms with van der Waals surface area (Å²) in [7, 11) is 3.04. The predicted molar refractivity (Wildman–Crippen MR) is 95.3 cm³/mol. The Hall–Kier alpha value is -3.06. The summed E-state index contributed by atoms with van der Waals surface area (Å²) >= 11 is 5.74. The van der Waals surface area contributed by atoms with Crippen LogP contribution >= 0.6 is 11.6 Å². The molecule has 0 fully saturated rings. The standard InChI is InChI=1S/C17H15ClN2O5/c1-24-13-5-7-16(25-2)11(9-13)3-8-17(21)19-14-6-4-12(18)10-15(14)20(22)23/h3-10H,1-2H3,(H,19,21)/b8-3+.